The SMILES string of the molecule is CNC1CCCCc2c1cnn2-c1cc(C)nc(C)n1. The van der Waals surface area contributed by atoms with E-state index >= 15 is 0 Å². The van der Waals surface area contributed by atoms with E-state index in [1.807, 2.05) is 37.8 Å². The van der Waals surface area contributed by atoms with Crippen molar-refractivity contribution in [2.45, 2.75) is 45.6 Å². The average molecular weight is 271 g/mol. The minimum Gasteiger partial charge on any atom is -0.313 e. The maximum absolute atomic E-state index is 4.58. The Morgan fingerprint density at radius 3 is 2.85 bits per heavy atom. The Morgan fingerprint density at radius 1 is 1.25 bits per heavy atom. The van der Waals surface area contributed by atoms with Crippen molar-refractivity contribution < 1.29 is 0 Å². The summed E-state index contributed by atoms with van der Waals surface area (Å²) in [6.07, 6.45) is 6.70. The standard InChI is InChI=1S/C15H21N5/c1-10-8-15(19-11(2)18-10)20-14-7-5-4-6-13(16-3)12(14)9-17-20/h8-9,13,16H,4-7H2,1-3H3. The van der Waals surface area contributed by atoms with Crippen LogP contribution in [0.15, 0.2) is 12.3 Å². The van der Waals surface area contributed by atoms with Crippen LogP contribution >= 0.6 is 0 Å². The van der Waals surface area contributed by atoms with Gasteiger partial charge in [-0.1, -0.05) is 6.42 Å². The van der Waals surface area contributed by atoms with Crippen molar-refractivity contribution in [3.05, 3.63) is 35.0 Å². The van der Waals surface area contributed by atoms with E-state index in [-0.39, 0.29) is 0 Å². The fraction of sp³-hybridized carbons (Fsp3) is 0.533. The molecule has 1 unspecified atom stereocenters. The molecule has 0 bridgehead atoms. The van der Waals surface area contributed by atoms with Crippen LogP contribution in [0.5, 0.6) is 0 Å². The Labute approximate surface area is 119 Å². The molecule has 2 heterocycles. The number of nitrogens with zero attached hydrogens (tertiary/aromatic N) is 4. The molecule has 0 spiro atoms. The Hall–Kier alpha value is -1.75. The number of rotatable bonds is 2. The molecule has 1 N–H and O–H groups in total. The van der Waals surface area contributed by atoms with Gasteiger partial charge in [-0.2, -0.15) is 5.10 Å². The van der Waals surface area contributed by atoms with Crippen LogP contribution in [0, 0.1) is 13.8 Å². The summed E-state index contributed by atoms with van der Waals surface area (Å²) >= 11 is 0. The number of nitrogens with one attached hydrogen (secondary N) is 1. The molecule has 1 aliphatic rings. The zero-order valence-electron chi connectivity index (χ0n) is 12.3. The van der Waals surface area contributed by atoms with Crippen LogP contribution in [-0.2, 0) is 6.42 Å². The third-order valence-electron chi connectivity index (χ3n) is 3.95. The van der Waals surface area contributed by atoms with Gasteiger partial charge in [0.05, 0.1) is 11.9 Å². The lowest BCUT2D eigenvalue weighted by Gasteiger charge is -2.13. The monoisotopic (exact) mass is 271 g/mol. The van der Waals surface area contributed by atoms with E-state index in [2.05, 4.69) is 20.4 Å². The second-order valence-corrected chi connectivity index (χ2v) is 5.46. The number of aryl methyl sites for hydroxylation is 2. The van der Waals surface area contributed by atoms with E-state index in [0.29, 0.717) is 6.04 Å². The highest BCUT2D eigenvalue weighted by atomic mass is 15.3. The van der Waals surface area contributed by atoms with Crippen molar-refractivity contribution in [3.63, 3.8) is 0 Å². The van der Waals surface area contributed by atoms with Gasteiger partial charge in [0.2, 0.25) is 0 Å². The molecule has 0 saturated heterocycles. The molecule has 1 atom stereocenters. The number of aromatic nitrogens is 4. The van der Waals surface area contributed by atoms with E-state index in [9.17, 15) is 0 Å². The molecule has 5 nitrogen and oxygen atoms in total. The summed E-state index contributed by atoms with van der Waals surface area (Å²) in [7, 11) is 2.02. The van der Waals surface area contributed by atoms with Crippen LogP contribution in [0.1, 0.15) is 48.1 Å². The van der Waals surface area contributed by atoms with Gasteiger partial charge < -0.3 is 5.32 Å². The summed E-state index contributed by atoms with van der Waals surface area (Å²) in [5.74, 6) is 1.68. The molecule has 0 fully saturated rings. The predicted octanol–water partition coefficient (Wildman–Crippen LogP) is 2.27. The van der Waals surface area contributed by atoms with Crippen molar-refractivity contribution >= 4 is 0 Å². The van der Waals surface area contributed by atoms with Crippen molar-refractivity contribution in [2.24, 2.45) is 0 Å². The lowest BCUT2D eigenvalue weighted by Crippen LogP contribution is -2.16. The highest BCUT2D eigenvalue weighted by Crippen LogP contribution is 2.29. The van der Waals surface area contributed by atoms with Gasteiger partial charge in [0.1, 0.15) is 5.82 Å². The largest absolute Gasteiger partial charge is 0.313 e. The van der Waals surface area contributed by atoms with E-state index < -0.39 is 0 Å². The van der Waals surface area contributed by atoms with Crippen molar-refractivity contribution in [3.8, 4) is 5.82 Å². The van der Waals surface area contributed by atoms with Gasteiger partial charge in [-0.3, -0.25) is 0 Å². The fourth-order valence-electron chi connectivity index (χ4n) is 3.03. The third kappa shape index (κ3) is 2.33. The summed E-state index contributed by atoms with van der Waals surface area (Å²) in [6, 6.07) is 2.41. The third-order valence-corrected chi connectivity index (χ3v) is 3.95. The van der Waals surface area contributed by atoms with Crippen LogP contribution in [-0.4, -0.2) is 26.8 Å². The highest BCUT2D eigenvalue weighted by molar-refractivity contribution is 5.32. The minimum atomic E-state index is 0.408. The smallest absolute Gasteiger partial charge is 0.157 e. The summed E-state index contributed by atoms with van der Waals surface area (Å²) < 4.78 is 1.99. The van der Waals surface area contributed by atoms with Crippen LogP contribution in [0.4, 0.5) is 0 Å². The van der Waals surface area contributed by atoms with E-state index in [1.165, 1.54) is 30.5 Å². The minimum absolute atomic E-state index is 0.408. The van der Waals surface area contributed by atoms with Gasteiger partial charge in [-0.05, 0) is 40.2 Å². The highest BCUT2D eigenvalue weighted by Gasteiger charge is 2.22. The van der Waals surface area contributed by atoms with Crippen molar-refractivity contribution in [1.29, 1.82) is 0 Å². The van der Waals surface area contributed by atoms with Gasteiger partial charge >= 0.3 is 0 Å². The van der Waals surface area contributed by atoms with Crippen LogP contribution in [0.3, 0.4) is 0 Å². The Bertz CT molecular complexity index is 596. The summed E-state index contributed by atoms with van der Waals surface area (Å²) in [6.45, 7) is 3.92. The van der Waals surface area contributed by atoms with Gasteiger partial charge in [0.25, 0.3) is 0 Å². The maximum atomic E-state index is 4.58. The normalized spacial score (nSPS) is 18.6. The first-order chi connectivity index (χ1) is 9.69. The molecule has 20 heavy (non-hydrogen) atoms. The lowest BCUT2D eigenvalue weighted by atomic mass is 10.1. The molecule has 0 amide bonds. The molecular weight excluding hydrogens is 250 g/mol. The van der Waals surface area contributed by atoms with Crippen molar-refractivity contribution in [2.75, 3.05) is 7.05 Å². The summed E-state index contributed by atoms with van der Waals surface area (Å²) in [5, 5.41) is 7.98. The fourth-order valence-corrected chi connectivity index (χ4v) is 3.03. The number of hydrogen-bond donors (Lipinski definition) is 1. The molecule has 3 rings (SSSR count). The molecule has 0 aliphatic heterocycles. The molecule has 5 heteroatoms. The molecule has 2 aromatic heterocycles. The second-order valence-electron chi connectivity index (χ2n) is 5.46. The quantitative estimate of drug-likeness (QED) is 0.851. The number of hydrogen-bond acceptors (Lipinski definition) is 4. The Morgan fingerprint density at radius 2 is 2.10 bits per heavy atom. The molecule has 1 aliphatic carbocycles. The van der Waals surface area contributed by atoms with Crippen LogP contribution in [0.25, 0.3) is 5.82 Å². The first-order valence-corrected chi connectivity index (χ1v) is 7.26. The Kier molecular flexibility index (Phi) is 3.53. The van der Waals surface area contributed by atoms with E-state index in [1.54, 1.807) is 0 Å². The van der Waals surface area contributed by atoms with Crippen LogP contribution < -0.4 is 5.32 Å². The summed E-state index contributed by atoms with van der Waals surface area (Å²) in [5.41, 5.74) is 3.59. The topological polar surface area (TPSA) is 55.6 Å². The van der Waals surface area contributed by atoms with Gasteiger partial charge in [-0.15, -0.1) is 0 Å². The van der Waals surface area contributed by atoms with Gasteiger partial charge in [0.15, 0.2) is 5.82 Å². The maximum Gasteiger partial charge on any atom is 0.157 e. The first kappa shape index (κ1) is 13.2. The van der Waals surface area contributed by atoms with Gasteiger partial charge in [0, 0.05) is 23.4 Å². The number of fused-ring (bicyclic) bond motifs is 1. The van der Waals surface area contributed by atoms with Crippen LogP contribution in [0.2, 0.25) is 0 Å². The lowest BCUT2D eigenvalue weighted by molar-refractivity contribution is 0.533. The van der Waals surface area contributed by atoms with Gasteiger partial charge in [-0.25, -0.2) is 14.6 Å². The molecule has 0 saturated carbocycles. The first-order valence-electron chi connectivity index (χ1n) is 7.26. The average Bonchev–Trinajstić information content (AvgIpc) is 2.71. The molecular formula is C15H21N5. The predicted molar refractivity (Wildman–Crippen MR) is 78.0 cm³/mol. The zero-order chi connectivity index (χ0) is 14.1. The summed E-state index contributed by atoms with van der Waals surface area (Å²) in [4.78, 5) is 8.88. The second kappa shape index (κ2) is 5.32. The zero-order valence-corrected chi connectivity index (χ0v) is 12.3. The van der Waals surface area contributed by atoms with Crippen molar-refractivity contribution in [1.82, 2.24) is 25.1 Å². The Balaban J connectivity index is 2.09. The van der Waals surface area contributed by atoms with E-state index in [4.69, 9.17) is 0 Å². The van der Waals surface area contributed by atoms with E-state index in [0.717, 1.165) is 23.8 Å². The molecule has 106 valence electrons. The molecule has 0 radical (unpaired) electrons. The molecule has 2 aromatic rings. The molecule has 0 aromatic carbocycles.